The first-order valence-electron chi connectivity index (χ1n) is 8.18. The standard InChI is InChI=1S/C24H16Br2/c1-17-3-7-19(8-4-17)11-13-21-15-24(26)22(16-23(21)25)14-12-20-9-5-18(2)6-10-20/h3-10,15-16H,1-2H3. The van der Waals surface area contributed by atoms with E-state index in [2.05, 4.69) is 93.7 Å². The summed E-state index contributed by atoms with van der Waals surface area (Å²) in [5, 5.41) is 0. The minimum Gasteiger partial charge on any atom is -0.0616 e. The maximum Gasteiger partial charge on any atom is 0.0403 e. The maximum absolute atomic E-state index is 3.61. The summed E-state index contributed by atoms with van der Waals surface area (Å²) in [6, 6.07) is 20.4. The van der Waals surface area contributed by atoms with Crippen molar-refractivity contribution in [2.75, 3.05) is 0 Å². The lowest BCUT2D eigenvalue weighted by atomic mass is 10.1. The lowest BCUT2D eigenvalue weighted by Crippen LogP contribution is -1.85. The highest BCUT2D eigenvalue weighted by molar-refractivity contribution is 9.11. The van der Waals surface area contributed by atoms with Crippen LogP contribution in [0, 0.1) is 37.5 Å². The second-order valence-electron chi connectivity index (χ2n) is 6.04. The van der Waals surface area contributed by atoms with Crippen molar-refractivity contribution in [3.05, 3.63) is 103 Å². The third kappa shape index (κ3) is 4.89. The fraction of sp³-hybridized carbons (Fsp3) is 0.0833. The number of hydrogen-bond donors (Lipinski definition) is 0. The Morgan fingerprint density at radius 1 is 0.538 bits per heavy atom. The maximum atomic E-state index is 3.61. The highest BCUT2D eigenvalue weighted by Crippen LogP contribution is 2.25. The number of benzene rings is 3. The first kappa shape index (κ1) is 18.5. The molecular weight excluding hydrogens is 448 g/mol. The molecule has 0 unspecified atom stereocenters. The molecule has 0 saturated carbocycles. The van der Waals surface area contributed by atoms with Crippen molar-refractivity contribution in [1.29, 1.82) is 0 Å². The van der Waals surface area contributed by atoms with Gasteiger partial charge in [-0.15, -0.1) is 0 Å². The molecule has 0 saturated heterocycles. The average Bonchev–Trinajstić information content (AvgIpc) is 2.63. The summed E-state index contributed by atoms with van der Waals surface area (Å²) in [4.78, 5) is 0. The van der Waals surface area contributed by atoms with Gasteiger partial charge in [-0.1, -0.05) is 59.1 Å². The molecule has 0 aliphatic heterocycles. The van der Waals surface area contributed by atoms with E-state index in [0.717, 1.165) is 31.2 Å². The van der Waals surface area contributed by atoms with E-state index in [1.807, 2.05) is 36.4 Å². The molecule has 0 aliphatic rings. The molecule has 0 N–H and O–H groups in total. The monoisotopic (exact) mass is 462 g/mol. The van der Waals surface area contributed by atoms with Crippen LogP contribution in [-0.2, 0) is 0 Å². The molecule has 0 aromatic heterocycles. The number of halogens is 2. The van der Waals surface area contributed by atoms with Gasteiger partial charge in [0.2, 0.25) is 0 Å². The second-order valence-corrected chi connectivity index (χ2v) is 7.75. The van der Waals surface area contributed by atoms with Crippen LogP contribution in [0.1, 0.15) is 33.4 Å². The second kappa shape index (κ2) is 8.41. The average molecular weight is 464 g/mol. The molecule has 2 heteroatoms. The van der Waals surface area contributed by atoms with Crippen LogP contribution in [0.25, 0.3) is 0 Å². The van der Waals surface area contributed by atoms with Crippen molar-refractivity contribution < 1.29 is 0 Å². The van der Waals surface area contributed by atoms with Crippen molar-refractivity contribution in [3.8, 4) is 23.7 Å². The smallest absolute Gasteiger partial charge is 0.0403 e. The van der Waals surface area contributed by atoms with Crippen molar-refractivity contribution in [3.63, 3.8) is 0 Å². The SMILES string of the molecule is Cc1ccc(C#Cc2cc(Br)c(C#Cc3ccc(C)cc3)cc2Br)cc1. The molecule has 0 bridgehead atoms. The summed E-state index contributed by atoms with van der Waals surface area (Å²) < 4.78 is 1.88. The van der Waals surface area contributed by atoms with Gasteiger partial charge in [0.25, 0.3) is 0 Å². The fourth-order valence-electron chi connectivity index (χ4n) is 2.29. The van der Waals surface area contributed by atoms with Crippen LogP contribution in [0.2, 0.25) is 0 Å². The van der Waals surface area contributed by atoms with E-state index >= 15 is 0 Å². The Morgan fingerprint density at radius 2 is 0.885 bits per heavy atom. The molecule has 0 spiro atoms. The number of aryl methyl sites for hydroxylation is 2. The zero-order chi connectivity index (χ0) is 18.5. The molecule has 0 aliphatic carbocycles. The molecule has 0 nitrogen and oxygen atoms in total. The first-order chi connectivity index (χ1) is 12.5. The van der Waals surface area contributed by atoms with Crippen LogP contribution in [0.15, 0.2) is 69.6 Å². The normalized spacial score (nSPS) is 9.69. The van der Waals surface area contributed by atoms with E-state index in [0.29, 0.717) is 0 Å². The molecule has 0 amide bonds. The predicted octanol–water partition coefficient (Wildman–Crippen LogP) is 6.63. The molecule has 0 heterocycles. The van der Waals surface area contributed by atoms with Gasteiger partial charge in [-0.25, -0.2) is 0 Å². The minimum atomic E-state index is 0.929. The van der Waals surface area contributed by atoms with Gasteiger partial charge in [-0.05, 0) is 82.1 Å². The van der Waals surface area contributed by atoms with E-state index in [-0.39, 0.29) is 0 Å². The van der Waals surface area contributed by atoms with Crippen LogP contribution >= 0.6 is 31.9 Å². The third-order valence-electron chi connectivity index (χ3n) is 3.84. The summed E-state index contributed by atoms with van der Waals surface area (Å²) in [7, 11) is 0. The molecular formula is C24H16Br2. The summed E-state index contributed by atoms with van der Waals surface area (Å²) in [5.74, 6) is 12.8. The van der Waals surface area contributed by atoms with Gasteiger partial charge >= 0.3 is 0 Å². The van der Waals surface area contributed by atoms with Crippen LogP contribution in [0.4, 0.5) is 0 Å². The third-order valence-corrected chi connectivity index (χ3v) is 5.16. The van der Waals surface area contributed by atoms with Crippen LogP contribution in [0.3, 0.4) is 0 Å². The van der Waals surface area contributed by atoms with E-state index in [1.54, 1.807) is 0 Å². The Balaban J connectivity index is 1.87. The van der Waals surface area contributed by atoms with Crippen LogP contribution < -0.4 is 0 Å². The lowest BCUT2D eigenvalue weighted by molar-refractivity contribution is 1.46. The Hall–Kier alpha value is -2.26. The molecule has 126 valence electrons. The molecule has 0 fully saturated rings. The molecule has 26 heavy (non-hydrogen) atoms. The van der Waals surface area contributed by atoms with E-state index in [9.17, 15) is 0 Å². The summed E-state index contributed by atoms with van der Waals surface area (Å²) in [5.41, 5.74) is 6.33. The molecule has 0 radical (unpaired) electrons. The van der Waals surface area contributed by atoms with Gasteiger partial charge in [0.05, 0.1) is 0 Å². The Labute approximate surface area is 171 Å². The van der Waals surface area contributed by atoms with E-state index < -0.39 is 0 Å². The van der Waals surface area contributed by atoms with E-state index in [4.69, 9.17) is 0 Å². The van der Waals surface area contributed by atoms with Gasteiger partial charge in [0.15, 0.2) is 0 Å². The van der Waals surface area contributed by atoms with E-state index in [1.165, 1.54) is 11.1 Å². The number of hydrogen-bond acceptors (Lipinski definition) is 0. The Kier molecular flexibility index (Phi) is 6.00. The number of rotatable bonds is 0. The van der Waals surface area contributed by atoms with Crippen molar-refractivity contribution in [2.24, 2.45) is 0 Å². The summed E-state index contributed by atoms with van der Waals surface area (Å²) in [6.07, 6.45) is 0. The molecule has 3 aromatic carbocycles. The van der Waals surface area contributed by atoms with Crippen molar-refractivity contribution >= 4 is 31.9 Å². The summed E-state index contributed by atoms with van der Waals surface area (Å²) in [6.45, 7) is 4.14. The molecule has 3 aromatic rings. The first-order valence-corrected chi connectivity index (χ1v) is 9.76. The summed E-state index contributed by atoms with van der Waals surface area (Å²) >= 11 is 7.22. The van der Waals surface area contributed by atoms with Crippen LogP contribution in [0.5, 0.6) is 0 Å². The molecule has 0 atom stereocenters. The van der Waals surface area contributed by atoms with Crippen molar-refractivity contribution in [2.45, 2.75) is 13.8 Å². The van der Waals surface area contributed by atoms with Crippen molar-refractivity contribution in [1.82, 2.24) is 0 Å². The van der Waals surface area contributed by atoms with Crippen LogP contribution in [-0.4, -0.2) is 0 Å². The lowest BCUT2D eigenvalue weighted by Gasteiger charge is -2.01. The Bertz CT molecular complexity index is 963. The van der Waals surface area contributed by atoms with Gasteiger partial charge in [-0.3, -0.25) is 0 Å². The minimum absolute atomic E-state index is 0.929. The van der Waals surface area contributed by atoms with Gasteiger partial charge in [0, 0.05) is 31.2 Å². The van der Waals surface area contributed by atoms with Gasteiger partial charge in [0.1, 0.15) is 0 Å². The Morgan fingerprint density at radius 3 is 1.23 bits per heavy atom. The molecule has 3 rings (SSSR count). The zero-order valence-electron chi connectivity index (χ0n) is 14.5. The highest BCUT2D eigenvalue weighted by Gasteiger charge is 2.03. The largest absolute Gasteiger partial charge is 0.0616 e. The topological polar surface area (TPSA) is 0 Å². The van der Waals surface area contributed by atoms with Gasteiger partial charge < -0.3 is 0 Å². The fourth-order valence-corrected chi connectivity index (χ4v) is 3.18. The zero-order valence-corrected chi connectivity index (χ0v) is 17.7. The quantitative estimate of drug-likeness (QED) is 0.328. The predicted molar refractivity (Wildman–Crippen MR) is 116 cm³/mol. The highest BCUT2D eigenvalue weighted by atomic mass is 79.9. The van der Waals surface area contributed by atoms with Gasteiger partial charge in [-0.2, -0.15) is 0 Å².